The van der Waals surface area contributed by atoms with Crippen molar-refractivity contribution < 1.29 is 9.13 Å². The van der Waals surface area contributed by atoms with E-state index in [1.807, 2.05) is 47.7 Å². The molecule has 8 heteroatoms. The van der Waals surface area contributed by atoms with Gasteiger partial charge < -0.3 is 15.0 Å². The normalized spacial score (nSPS) is 11.8. The Hall–Kier alpha value is -3.45. The zero-order valence-electron chi connectivity index (χ0n) is 23.2. The van der Waals surface area contributed by atoms with Crippen LogP contribution in [0.3, 0.4) is 0 Å². The van der Waals surface area contributed by atoms with E-state index in [2.05, 4.69) is 48.5 Å². The monoisotopic (exact) mass is 506 g/mol. The van der Waals surface area contributed by atoms with Crippen molar-refractivity contribution in [2.75, 3.05) is 47.9 Å². The molecule has 198 valence electrons. The highest BCUT2D eigenvalue weighted by molar-refractivity contribution is 5.71. The van der Waals surface area contributed by atoms with Gasteiger partial charge in [0.15, 0.2) is 11.6 Å². The molecule has 0 atom stereocenters. The van der Waals surface area contributed by atoms with Gasteiger partial charge in [-0.15, -0.1) is 5.73 Å². The third-order valence-corrected chi connectivity index (χ3v) is 6.53. The van der Waals surface area contributed by atoms with Gasteiger partial charge in [0.05, 0.1) is 18.0 Å². The molecule has 0 aliphatic rings. The number of nitrogens with zero attached hydrogens (tertiary/aromatic N) is 5. The van der Waals surface area contributed by atoms with Crippen molar-refractivity contribution >= 4 is 5.70 Å². The van der Waals surface area contributed by atoms with Crippen LogP contribution in [0.5, 0.6) is 5.75 Å². The lowest BCUT2D eigenvalue weighted by Gasteiger charge is -2.17. The number of likely N-dealkylation sites (N-methyl/N-ethyl adjacent to an activating group) is 2. The smallest absolute Gasteiger partial charge is 0.168 e. The molecule has 0 aliphatic heterocycles. The topological polar surface area (TPSA) is 59.6 Å². The van der Waals surface area contributed by atoms with E-state index in [1.165, 1.54) is 5.56 Å². The summed E-state index contributed by atoms with van der Waals surface area (Å²) in [5.74, 6) is -0.0966. The van der Waals surface area contributed by atoms with E-state index in [9.17, 15) is 0 Å². The lowest BCUT2D eigenvalue weighted by atomic mass is 10.0. The van der Waals surface area contributed by atoms with Crippen LogP contribution in [-0.2, 0) is 19.9 Å². The van der Waals surface area contributed by atoms with Crippen molar-refractivity contribution in [3.63, 3.8) is 0 Å². The molecule has 0 radical (unpaired) electrons. The zero-order chi connectivity index (χ0) is 27.1. The standard InChI is InChI=1S/C29H39FN6O/c1-9-23(18-31-4)36-19-22(11-13-27(36)32-5)25-12-10-20(2)28(30)29(25)37-17-15-24-21(3)35(8)33-26(24)14-16-34(6)7/h10-13,19,31H,1,14-18H2,2-8H3. The fourth-order valence-corrected chi connectivity index (χ4v) is 4.31. The summed E-state index contributed by atoms with van der Waals surface area (Å²) in [6.45, 7) is 9.46. The molecule has 1 aromatic carbocycles. The number of benzene rings is 1. The summed E-state index contributed by atoms with van der Waals surface area (Å²) in [6.07, 6.45) is 3.43. The highest BCUT2D eigenvalue weighted by Gasteiger charge is 2.18. The molecule has 0 spiro atoms. The first-order chi connectivity index (χ1) is 17.7. The average molecular weight is 507 g/mol. The van der Waals surface area contributed by atoms with E-state index in [1.54, 1.807) is 20.0 Å². The summed E-state index contributed by atoms with van der Waals surface area (Å²) in [7, 11) is 9.66. The molecule has 37 heavy (non-hydrogen) atoms. The largest absolute Gasteiger partial charge is 0.489 e. The Morgan fingerprint density at radius 3 is 2.62 bits per heavy atom. The van der Waals surface area contributed by atoms with Gasteiger partial charge in [-0.3, -0.25) is 14.2 Å². The summed E-state index contributed by atoms with van der Waals surface area (Å²) in [6, 6.07) is 7.52. The first kappa shape index (κ1) is 28.1. The highest BCUT2D eigenvalue weighted by atomic mass is 19.1. The van der Waals surface area contributed by atoms with Gasteiger partial charge in [-0.25, -0.2) is 4.39 Å². The Balaban J connectivity index is 1.95. The summed E-state index contributed by atoms with van der Waals surface area (Å²) in [5.41, 5.74) is 9.92. The van der Waals surface area contributed by atoms with Crippen LogP contribution in [0.4, 0.5) is 4.39 Å². The summed E-state index contributed by atoms with van der Waals surface area (Å²) >= 11 is 0. The first-order valence-corrected chi connectivity index (χ1v) is 12.5. The van der Waals surface area contributed by atoms with E-state index in [0.29, 0.717) is 30.7 Å². The fourth-order valence-electron chi connectivity index (χ4n) is 4.31. The van der Waals surface area contributed by atoms with Crippen LogP contribution in [0.1, 0.15) is 22.5 Å². The molecule has 2 heterocycles. The lowest BCUT2D eigenvalue weighted by molar-refractivity contribution is 0.305. The molecule has 0 saturated heterocycles. The van der Waals surface area contributed by atoms with E-state index >= 15 is 4.39 Å². The van der Waals surface area contributed by atoms with Crippen LogP contribution < -0.4 is 15.5 Å². The molecular formula is C29H39FN6O. The third kappa shape index (κ3) is 6.46. The fraction of sp³-hybridized carbons (Fsp3) is 0.414. The molecule has 0 bridgehead atoms. The van der Waals surface area contributed by atoms with E-state index < -0.39 is 0 Å². The van der Waals surface area contributed by atoms with Crippen LogP contribution in [0, 0.1) is 19.7 Å². The minimum atomic E-state index is -0.348. The Kier molecular flexibility index (Phi) is 9.64. The molecule has 0 saturated carbocycles. The molecular weight excluding hydrogens is 467 g/mol. The van der Waals surface area contributed by atoms with Crippen molar-refractivity contribution in [2.24, 2.45) is 12.0 Å². The van der Waals surface area contributed by atoms with Crippen LogP contribution in [0.2, 0.25) is 0 Å². The van der Waals surface area contributed by atoms with Gasteiger partial charge in [-0.1, -0.05) is 18.7 Å². The van der Waals surface area contributed by atoms with E-state index in [4.69, 9.17) is 9.84 Å². The zero-order valence-corrected chi connectivity index (χ0v) is 23.2. The molecule has 0 fully saturated rings. The molecule has 0 unspecified atom stereocenters. The number of aromatic nitrogens is 3. The third-order valence-electron chi connectivity index (χ3n) is 6.53. The number of ether oxygens (including phenoxy) is 1. The minimum absolute atomic E-state index is 0.252. The Morgan fingerprint density at radius 2 is 1.97 bits per heavy atom. The predicted octanol–water partition coefficient (Wildman–Crippen LogP) is 3.75. The van der Waals surface area contributed by atoms with Crippen molar-refractivity contribution in [1.29, 1.82) is 0 Å². The molecule has 0 aliphatic carbocycles. The number of halogens is 1. The molecule has 3 aromatic rings. The Labute approximate surface area is 219 Å². The number of hydrogen-bond donors (Lipinski definition) is 1. The second-order valence-corrected chi connectivity index (χ2v) is 9.38. The van der Waals surface area contributed by atoms with Crippen molar-refractivity contribution in [2.45, 2.75) is 26.7 Å². The number of hydrogen-bond acceptors (Lipinski definition) is 5. The van der Waals surface area contributed by atoms with Crippen LogP contribution >= 0.6 is 0 Å². The quantitative estimate of drug-likeness (QED) is 0.403. The molecule has 7 nitrogen and oxygen atoms in total. The minimum Gasteiger partial charge on any atom is -0.489 e. The second kappa shape index (κ2) is 12.7. The van der Waals surface area contributed by atoms with Gasteiger partial charge in [-0.05, 0) is 58.3 Å². The number of pyridine rings is 1. The average Bonchev–Trinajstić information content (AvgIpc) is 3.16. The molecule has 0 amide bonds. The van der Waals surface area contributed by atoms with Crippen LogP contribution in [0.15, 0.2) is 47.8 Å². The maximum atomic E-state index is 15.4. The van der Waals surface area contributed by atoms with E-state index in [0.717, 1.165) is 41.1 Å². The SMILES string of the molecule is C=C=C(CNC)n1cc(-c2ccc(C)c(F)c2OCCc2c(CCN(C)C)nn(C)c2C)ccc1=NC. The molecule has 3 rings (SSSR count). The van der Waals surface area contributed by atoms with Crippen LogP contribution in [0.25, 0.3) is 16.8 Å². The second-order valence-electron chi connectivity index (χ2n) is 9.38. The van der Waals surface area contributed by atoms with Gasteiger partial charge >= 0.3 is 0 Å². The number of nitrogens with one attached hydrogen (secondary N) is 1. The van der Waals surface area contributed by atoms with E-state index in [-0.39, 0.29) is 11.6 Å². The number of rotatable bonds is 11. The van der Waals surface area contributed by atoms with Gasteiger partial charge in [0.1, 0.15) is 5.49 Å². The number of aryl methyl sites for hydroxylation is 2. The van der Waals surface area contributed by atoms with Crippen molar-refractivity contribution in [1.82, 2.24) is 24.6 Å². The highest BCUT2D eigenvalue weighted by Crippen LogP contribution is 2.34. The maximum Gasteiger partial charge on any atom is 0.168 e. The first-order valence-electron chi connectivity index (χ1n) is 12.5. The predicted molar refractivity (Wildman–Crippen MR) is 148 cm³/mol. The molecule has 2 aromatic heterocycles. The van der Waals surface area contributed by atoms with Gasteiger partial charge in [-0.2, -0.15) is 5.10 Å². The van der Waals surface area contributed by atoms with Crippen molar-refractivity contribution in [3.05, 3.63) is 76.6 Å². The molecule has 1 N–H and O–H groups in total. The van der Waals surface area contributed by atoms with Gasteiger partial charge in [0.25, 0.3) is 0 Å². The van der Waals surface area contributed by atoms with Gasteiger partial charge in [0.2, 0.25) is 0 Å². The van der Waals surface area contributed by atoms with Crippen molar-refractivity contribution in [3.8, 4) is 16.9 Å². The van der Waals surface area contributed by atoms with Gasteiger partial charge in [0, 0.05) is 63.0 Å². The Bertz CT molecular complexity index is 1360. The summed E-state index contributed by atoms with van der Waals surface area (Å²) in [5, 5.41) is 7.83. The summed E-state index contributed by atoms with van der Waals surface area (Å²) in [4.78, 5) is 6.51. The lowest BCUT2D eigenvalue weighted by Crippen LogP contribution is -2.24. The van der Waals surface area contributed by atoms with Crippen LogP contribution in [-0.4, -0.2) is 67.1 Å². The maximum absolute atomic E-state index is 15.4. The Morgan fingerprint density at radius 1 is 1.22 bits per heavy atom. The summed E-state index contributed by atoms with van der Waals surface area (Å²) < 4.78 is 25.4.